The Morgan fingerprint density at radius 3 is 1.45 bits per heavy atom. The highest BCUT2D eigenvalue weighted by molar-refractivity contribution is 5.32. The smallest absolute Gasteiger partial charge is 0.122 e. The van der Waals surface area contributed by atoms with E-state index < -0.39 is 0 Å². The molecule has 2 nitrogen and oxygen atoms in total. The van der Waals surface area contributed by atoms with Crippen LogP contribution in [-0.2, 0) is 0 Å². The normalized spacial score (nSPS) is 10.3. The minimum Gasteiger partial charge on any atom is -0.493 e. The highest BCUT2D eigenvalue weighted by atomic mass is 16.5. The molecule has 0 spiro atoms. The van der Waals surface area contributed by atoms with Crippen molar-refractivity contribution in [2.45, 2.75) is 26.7 Å². The number of ether oxygens (including phenoxy) is 2. The second-order valence-corrected chi connectivity index (χ2v) is 4.94. The lowest BCUT2D eigenvalue weighted by Crippen LogP contribution is -2.03. The summed E-state index contributed by atoms with van der Waals surface area (Å²) in [6.45, 7) is 5.61. The molecule has 0 radical (unpaired) electrons. The van der Waals surface area contributed by atoms with Gasteiger partial charge in [0.1, 0.15) is 11.5 Å². The number of hydrogen-bond donors (Lipinski definition) is 0. The standard InChI is InChI=1S/C18H22O2/c1-15-9-3-5-11-17(15)19-13-7-8-14-20-18-12-6-4-10-16(18)2/h3-6,9-12H,7-8,13-14H2,1-2H3. The van der Waals surface area contributed by atoms with Gasteiger partial charge in [-0.1, -0.05) is 36.4 Å². The minimum atomic E-state index is 0.738. The van der Waals surface area contributed by atoms with E-state index in [9.17, 15) is 0 Å². The van der Waals surface area contributed by atoms with Gasteiger partial charge in [-0.25, -0.2) is 0 Å². The number of hydrogen-bond acceptors (Lipinski definition) is 2. The molecular weight excluding hydrogens is 248 g/mol. The molecule has 106 valence electrons. The Labute approximate surface area is 121 Å². The summed E-state index contributed by atoms with van der Waals surface area (Å²) in [5.41, 5.74) is 2.37. The second-order valence-electron chi connectivity index (χ2n) is 4.94. The fraction of sp³-hybridized carbons (Fsp3) is 0.333. The molecule has 0 aromatic heterocycles. The van der Waals surface area contributed by atoms with Gasteiger partial charge in [-0.15, -0.1) is 0 Å². The SMILES string of the molecule is Cc1ccccc1OCCCCOc1ccccc1C. The van der Waals surface area contributed by atoms with Crippen molar-refractivity contribution in [2.24, 2.45) is 0 Å². The summed E-state index contributed by atoms with van der Waals surface area (Å²) in [7, 11) is 0. The van der Waals surface area contributed by atoms with Crippen LogP contribution < -0.4 is 9.47 Å². The first-order valence-corrected chi connectivity index (χ1v) is 7.14. The Morgan fingerprint density at radius 1 is 0.650 bits per heavy atom. The average Bonchev–Trinajstić information content (AvgIpc) is 2.46. The van der Waals surface area contributed by atoms with E-state index in [1.165, 1.54) is 11.1 Å². The van der Waals surface area contributed by atoms with Gasteiger partial charge in [-0.2, -0.15) is 0 Å². The van der Waals surface area contributed by atoms with Crippen molar-refractivity contribution >= 4 is 0 Å². The number of unbranched alkanes of at least 4 members (excludes halogenated alkanes) is 1. The zero-order chi connectivity index (χ0) is 14.2. The monoisotopic (exact) mass is 270 g/mol. The molecule has 0 aliphatic carbocycles. The molecule has 2 aromatic rings. The molecule has 0 unspecified atom stereocenters. The van der Waals surface area contributed by atoms with E-state index in [-0.39, 0.29) is 0 Å². The molecule has 0 amide bonds. The van der Waals surface area contributed by atoms with Gasteiger partial charge in [0.25, 0.3) is 0 Å². The zero-order valence-electron chi connectivity index (χ0n) is 12.3. The van der Waals surface area contributed by atoms with Crippen molar-refractivity contribution in [1.29, 1.82) is 0 Å². The summed E-state index contributed by atoms with van der Waals surface area (Å²) < 4.78 is 11.5. The van der Waals surface area contributed by atoms with Gasteiger partial charge in [-0.3, -0.25) is 0 Å². The fourth-order valence-electron chi connectivity index (χ4n) is 2.01. The van der Waals surface area contributed by atoms with Crippen molar-refractivity contribution in [1.82, 2.24) is 0 Å². The molecule has 0 bridgehead atoms. The highest BCUT2D eigenvalue weighted by Crippen LogP contribution is 2.17. The Morgan fingerprint density at radius 2 is 1.05 bits per heavy atom. The second kappa shape index (κ2) is 7.59. The molecule has 0 saturated carbocycles. The van der Waals surface area contributed by atoms with Gasteiger partial charge in [0.2, 0.25) is 0 Å². The highest BCUT2D eigenvalue weighted by Gasteiger charge is 1.99. The Balaban J connectivity index is 1.63. The Hall–Kier alpha value is -1.96. The summed E-state index contributed by atoms with van der Waals surface area (Å²) in [4.78, 5) is 0. The molecule has 20 heavy (non-hydrogen) atoms. The first kappa shape index (κ1) is 14.4. The van der Waals surface area contributed by atoms with Crippen LogP contribution in [0.15, 0.2) is 48.5 Å². The predicted molar refractivity (Wildman–Crippen MR) is 82.6 cm³/mol. The predicted octanol–water partition coefficient (Wildman–Crippen LogP) is 4.54. The summed E-state index contributed by atoms with van der Waals surface area (Å²) in [6.07, 6.45) is 2.00. The molecule has 0 atom stereocenters. The van der Waals surface area contributed by atoms with Crippen LogP contribution in [0.1, 0.15) is 24.0 Å². The van der Waals surface area contributed by atoms with Crippen LogP contribution in [-0.4, -0.2) is 13.2 Å². The molecule has 0 heterocycles. The summed E-state index contributed by atoms with van der Waals surface area (Å²) >= 11 is 0. The molecule has 0 saturated heterocycles. The van der Waals surface area contributed by atoms with E-state index >= 15 is 0 Å². The van der Waals surface area contributed by atoms with Gasteiger partial charge in [0, 0.05) is 0 Å². The Kier molecular flexibility index (Phi) is 5.48. The third-order valence-electron chi connectivity index (χ3n) is 3.24. The third kappa shape index (κ3) is 4.30. The third-order valence-corrected chi connectivity index (χ3v) is 3.24. The first-order chi connectivity index (χ1) is 9.77. The molecule has 2 rings (SSSR count). The van der Waals surface area contributed by atoms with E-state index in [2.05, 4.69) is 26.0 Å². The lowest BCUT2D eigenvalue weighted by atomic mass is 10.2. The summed E-state index contributed by atoms with van der Waals surface area (Å²) in [5.74, 6) is 1.96. The molecule has 0 N–H and O–H groups in total. The molecule has 0 aliphatic heterocycles. The van der Waals surface area contributed by atoms with Crippen LogP contribution in [0.5, 0.6) is 11.5 Å². The van der Waals surface area contributed by atoms with Crippen molar-refractivity contribution < 1.29 is 9.47 Å². The van der Waals surface area contributed by atoms with Gasteiger partial charge >= 0.3 is 0 Å². The molecule has 0 aliphatic rings. The fourth-order valence-corrected chi connectivity index (χ4v) is 2.01. The van der Waals surface area contributed by atoms with E-state index in [0.717, 1.165) is 37.6 Å². The van der Waals surface area contributed by atoms with Crippen molar-refractivity contribution in [3.8, 4) is 11.5 Å². The van der Waals surface area contributed by atoms with Crippen molar-refractivity contribution in [2.75, 3.05) is 13.2 Å². The summed E-state index contributed by atoms with van der Waals surface area (Å²) in [6, 6.07) is 16.2. The number of benzene rings is 2. The van der Waals surface area contributed by atoms with E-state index in [4.69, 9.17) is 9.47 Å². The minimum absolute atomic E-state index is 0.738. The van der Waals surface area contributed by atoms with Crippen LogP contribution in [0.2, 0.25) is 0 Å². The van der Waals surface area contributed by atoms with Gasteiger partial charge in [0.15, 0.2) is 0 Å². The van der Waals surface area contributed by atoms with Crippen LogP contribution in [0.25, 0.3) is 0 Å². The van der Waals surface area contributed by atoms with Crippen molar-refractivity contribution in [3.05, 3.63) is 59.7 Å². The average molecular weight is 270 g/mol. The maximum Gasteiger partial charge on any atom is 0.122 e. The maximum atomic E-state index is 5.76. The largest absolute Gasteiger partial charge is 0.493 e. The maximum absolute atomic E-state index is 5.76. The van der Waals surface area contributed by atoms with Crippen LogP contribution in [0, 0.1) is 13.8 Å². The van der Waals surface area contributed by atoms with Gasteiger partial charge in [-0.05, 0) is 49.9 Å². The van der Waals surface area contributed by atoms with E-state index in [1.54, 1.807) is 0 Å². The number of para-hydroxylation sites is 2. The molecule has 0 fully saturated rings. The van der Waals surface area contributed by atoms with Crippen LogP contribution in [0.3, 0.4) is 0 Å². The Bertz CT molecular complexity index is 485. The lowest BCUT2D eigenvalue weighted by Gasteiger charge is -2.10. The molecular formula is C18H22O2. The lowest BCUT2D eigenvalue weighted by molar-refractivity contribution is 0.265. The first-order valence-electron chi connectivity index (χ1n) is 7.14. The van der Waals surface area contributed by atoms with Crippen LogP contribution >= 0.6 is 0 Å². The van der Waals surface area contributed by atoms with Crippen molar-refractivity contribution in [3.63, 3.8) is 0 Å². The molecule has 2 heteroatoms. The van der Waals surface area contributed by atoms with Gasteiger partial charge in [0.05, 0.1) is 13.2 Å². The van der Waals surface area contributed by atoms with E-state index in [1.807, 2.05) is 36.4 Å². The van der Waals surface area contributed by atoms with E-state index in [0.29, 0.717) is 0 Å². The quantitative estimate of drug-likeness (QED) is 0.688. The number of rotatable bonds is 7. The molecule has 2 aromatic carbocycles. The number of aryl methyl sites for hydroxylation is 2. The van der Waals surface area contributed by atoms with Gasteiger partial charge < -0.3 is 9.47 Å². The zero-order valence-corrected chi connectivity index (χ0v) is 12.3. The summed E-state index contributed by atoms with van der Waals surface area (Å²) in [5, 5.41) is 0. The topological polar surface area (TPSA) is 18.5 Å². The van der Waals surface area contributed by atoms with Crippen LogP contribution in [0.4, 0.5) is 0 Å².